The van der Waals surface area contributed by atoms with Crippen LogP contribution in [0, 0.1) is 0 Å². The summed E-state index contributed by atoms with van der Waals surface area (Å²) in [6.45, 7) is 2.31. The van der Waals surface area contributed by atoms with Gasteiger partial charge in [0.25, 0.3) is 0 Å². The highest BCUT2D eigenvalue weighted by atomic mass is 19.4. The highest BCUT2D eigenvalue weighted by Crippen LogP contribution is 2.38. The Balaban J connectivity index is 2.00. The number of halogens is 3. The van der Waals surface area contributed by atoms with Gasteiger partial charge >= 0.3 is 6.18 Å². The van der Waals surface area contributed by atoms with E-state index in [4.69, 9.17) is 0 Å². The number of Topliss-reactive ketones (excluding diaryl/α,β-unsaturated/α-hetero) is 1. The predicted molar refractivity (Wildman–Crippen MR) is 79.9 cm³/mol. The Morgan fingerprint density at radius 3 is 2.30 bits per heavy atom. The Bertz CT molecular complexity index is 575. The van der Waals surface area contributed by atoms with E-state index >= 15 is 0 Å². The van der Waals surface area contributed by atoms with Crippen molar-refractivity contribution in [1.29, 1.82) is 0 Å². The number of rotatable bonds is 4. The molecule has 1 aromatic rings. The molecule has 23 heavy (non-hydrogen) atoms. The van der Waals surface area contributed by atoms with Crippen LogP contribution < -0.4 is 0 Å². The molecule has 3 nitrogen and oxygen atoms in total. The molecule has 1 aliphatic rings. The fourth-order valence-electron chi connectivity index (χ4n) is 2.99. The van der Waals surface area contributed by atoms with Crippen molar-refractivity contribution < 1.29 is 22.8 Å². The lowest BCUT2D eigenvalue weighted by atomic mass is 9.86. The van der Waals surface area contributed by atoms with Gasteiger partial charge in [0.05, 0.1) is 5.56 Å². The molecule has 1 aliphatic heterocycles. The zero-order valence-electron chi connectivity index (χ0n) is 13.0. The average Bonchev–Trinajstić information content (AvgIpc) is 2.52. The number of hydrogen-bond donors (Lipinski definition) is 0. The van der Waals surface area contributed by atoms with Crippen LogP contribution in [0.15, 0.2) is 24.3 Å². The zero-order valence-corrected chi connectivity index (χ0v) is 13.0. The van der Waals surface area contributed by atoms with Gasteiger partial charge in [-0.2, -0.15) is 13.2 Å². The van der Waals surface area contributed by atoms with Crippen molar-refractivity contribution in [2.24, 2.45) is 0 Å². The molecule has 1 heterocycles. The summed E-state index contributed by atoms with van der Waals surface area (Å²) in [6.07, 6.45) is -2.93. The summed E-state index contributed by atoms with van der Waals surface area (Å²) in [4.78, 5) is 24.5. The van der Waals surface area contributed by atoms with Crippen LogP contribution in [0.1, 0.15) is 49.7 Å². The van der Waals surface area contributed by atoms with Gasteiger partial charge in [0.2, 0.25) is 5.91 Å². The molecule has 1 aromatic carbocycles. The Hall–Kier alpha value is -1.85. The SMILES string of the molecule is CC(=O)CCC(=O)N1CCC(c2ccccc2C(F)(F)F)CC1. The van der Waals surface area contributed by atoms with Gasteiger partial charge in [-0.1, -0.05) is 18.2 Å². The second-order valence-corrected chi connectivity index (χ2v) is 5.94. The van der Waals surface area contributed by atoms with Gasteiger partial charge in [0, 0.05) is 25.9 Å². The van der Waals surface area contributed by atoms with Crippen molar-refractivity contribution in [2.45, 2.75) is 44.7 Å². The van der Waals surface area contributed by atoms with Crippen molar-refractivity contribution >= 4 is 11.7 Å². The van der Waals surface area contributed by atoms with Crippen molar-refractivity contribution in [2.75, 3.05) is 13.1 Å². The van der Waals surface area contributed by atoms with E-state index in [2.05, 4.69) is 0 Å². The molecule has 0 spiro atoms. The van der Waals surface area contributed by atoms with E-state index in [1.54, 1.807) is 11.0 Å². The lowest BCUT2D eigenvalue weighted by Gasteiger charge is -2.33. The fourth-order valence-corrected chi connectivity index (χ4v) is 2.99. The number of benzene rings is 1. The highest BCUT2D eigenvalue weighted by molar-refractivity contribution is 5.83. The van der Waals surface area contributed by atoms with Gasteiger partial charge in [-0.3, -0.25) is 4.79 Å². The van der Waals surface area contributed by atoms with Crippen LogP contribution in [0.4, 0.5) is 13.2 Å². The second kappa shape index (κ2) is 7.15. The van der Waals surface area contributed by atoms with Gasteiger partial charge < -0.3 is 9.69 Å². The molecule has 0 aliphatic carbocycles. The van der Waals surface area contributed by atoms with Crippen molar-refractivity contribution in [1.82, 2.24) is 4.90 Å². The minimum Gasteiger partial charge on any atom is -0.343 e. The lowest BCUT2D eigenvalue weighted by Crippen LogP contribution is -2.38. The quantitative estimate of drug-likeness (QED) is 0.844. The lowest BCUT2D eigenvalue weighted by molar-refractivity contribution is -0.139. The summed E-state index contributed by atoms with van der Waals surface area (Å²) in [7, 11) is 0. The number of piperidine rings is 1. The zero-order chi connectivity index (χ0) is 17.0. The maximum atomic E-state index is 13.1. The van der Waals surface area contributed by atoms with Crippen LogP contribution in [0.2, 0.25) is 0 Å². The van der Waals surface area contributed by atoms with Crippen LogP contribution in [0.5, 0.6) is 0 Å². The topological polar surface area (TPSA) is 37.4 Å². The van der Waals surface area contributed by atoms with Gasteiger partial charge in [0.1, 0.15) is 5.78 Å². The minimum atomic E-state index is -4.36. The number of likely N-dealkylation sites (tertiary alicyclic amines) is 1. The summed E-state index contributed by atoms with van der Waals surface area (Å²) >= 11 is 0. The summed E-state index contributed by atoms with van der Waals surface area (Å²) in [5.74, 6) is -0.320. The third-order valence-corrected chi connectivity index (χ3v) is 4.24. The number of carbonyl (C=O) groups is 2. The molecule has 0 radical (unpaired) electrons. The normalized spacial score (nSPS) is 16.4. The van der Waals surface area contributed by atoms with Crippen LogP contribution >= 0.6 is 0 Å². The summed E-state index contributed by atoms with van der Waals surface area (Å²) in [5.41, 5.74) is -0.266. The Morgan fingerprint density at radius 2 is 1.74 bits per heavy atom. The van der Waals surface area contributed by atoms with Gasteiger partial charge in [0.15, 0.2) is 0 Å². The van der Waals surface area contributed by atoms with E-state index in [1.807, 2.05) is 0 Å². The smallest absolute Gasteiger partial charge is 0.343 e. The van der Waals surface area contributed by atoms with Crippen LogP contribution in [-0.4, -0.2) is 29.7 Å². The van der Waals surface area contributed by atoms with Gasteiger partial charge in [-0.25, -0.2) is 0 Å². The number of alkyl halides is 3. The first-order chi connectivity index (χ1) is 10.8. The first kappa shape index (κ1) is 17.5. The van der Waals surface area contributed by atoms with Crippen LogP contribution in [-0.2, 0) is 15.8 Å². The predicted octanol–water partition coefficient (Wildman–Crippen LogP) is 3.78. The molecule has 1 fully saturated rings. The number of hydrogen-bond acceptors (Lipinski definition) is 2. The third-order valence-electron chi connectivity index (χ3n) is 4.24. The van der Waals surface area contributed by atoms with E-state index in [-0.39, 0.29) is 30.4 Å². The molecular formula is C17H20F3NO2. The molecule has 2 rings (SSSR count). The van der Waals surface area contributed by atoms with Crippen LogP contribution in [0.25, 0.3) is 0 Å². The standard InChI is InChI=1S/C17H20F3NO2/c1-12(22)6-7-16(23)21-10-8-13(9-11-21)14-4-2-3-5-15(14)17(18,19)20/h2-5,13H,6-11H2,1H3. The molecule has 6 heteroatoms. The van der Waals surface area contributed by atoms with Crippen LogP contribution in [0.3, 0.4) is 0 Å². The average molecular weight is 327 g/mol. The Kier molecular flexibility index (Phi) is 5.44. The van der Waals surface area contributed by atoms with E-state index < -0.39 is 11.7 Å². The highest BCUT2D eigenvalue weighted by Gasteiger charge is 2.36. The van der Waals surface area contributed by atoms with Gasteiger partial charge in [-0.05, 0) is 37.3 Å². The van der Waals surface area contributed by atoms with E-state index in [1.165, 1.54) is 19.1 Å². The number of nitrogens with zero attached hydrogens (tertiary/aromatic N) is 1. The minimum absolute atomic E-state index is 0.0349. The maximum Gasteiger partial charge on any atom is 0.416 e. The molecule has 0 aromatic heterocycles. The first-order valence-corrected chi connectivity index (χ1v) is 7.72. The summed E-state index contributed by atoms with van der Waals surface area (Å²) in [6, 6.07) is 5.65. The number of amides is 1. The van der Waals surface area contributed by atoms with E-state index in [9.17, 15) is 22.8 Å². The number of carbonyl (C=O) groups excluding carboxylic acids is 2. The molecule has 1 saturated heterocycles. The number of ketones is 1. The molecule has 0 unspecified atom stereocenters. The monoisotopic (exact) mass is 327 g/mol. The third kappa shape index (κ3) is 4.56. The van der Waals surface area contributed by atoms with E-state index in [0.29, 0.717) is 31.5 Å². The molecule has 0 bridgehead atoms. The van der Waals surface area contributed by atoms with Crippen molar-refractivity contribution in [3.8, 4) is 0 Å². The first-order valence-electron chi connectivity index (χ1n) is 7.72. The summed E-state index contributed by atoms with van der Waals surface area (Å²) < 4.78 is 39.3. The summed E-state index contributed by atoms with van der Waals surface area (Å²) in [5, 5.41) is 0. The molecule has 0 saturated carbocycles. The molecule has 0 N–H and O–H groups in total. The Labute approximate surface area is 133 Å². The largest absolute Gasteiger partial charge is 0.416 e. The molecule has 126 valence electrons. The fraction of sp³-hybridized carbons (Fsp3) is 0.529. The Morgan fingerprint density at radius 1 is 1.13 bits per heavy atom. The van der Waals surface area contributed by atoms with Crippen molar-refractivity contribution in [3.63, 3.8) is 0 Å². The van der Waals surface area contributed by atoms with Gasteiger partial charge in [-0.15, -0.1) is 0 Å². The maximum absolute atomic E-state index is 13.1. The molecule has 1 amide bonds. The molecular weight excluding hydrogens is 307 g/mol. The molecule has 0 atom stereocenters. The van der Waals surface area contributed by atoms with Crippen molar-refractivity contribution in [3.05, 3.63) is 35.4 Å². The second-order valence-electron chi connectivity index (χ2n) is 5.94. The van der Waals surface area contributed by atoms with E-state index in [0.717, 1.165) is 6.07 Å².